The highest BCUT2D eigenvalue weighted by molar-refractivity contribution is 7.13. The van der Waals surface area contributed by atoms with E-state index in [1.165, 1.54) is 11.3 Å². The summed E-state index contributed by atoms with van der Waals surface area (Å²) in [6.07, 6.45) is 2.32. The number of hydrogen-bond donors (Lipinski definition) is 1. The van der Waals surface area contributed by atoms with Crippen LogP contribution >= 0.6 is 11.3 Å². The molecule has 19 heavy (non-hydrogen) atoms. The normalized spacial score (nSPS) is 17.1. The van der Waals surface area contributed by atoms with E-state index in [2.05, 4.69) is 20.5 Å². The Morgan fingerprint density at radius 3 is 2.89 bits per heavy atom. The highest BCUT2D eigenvalue weighted by Gasteiger charge is 2.45. The van der Waals surface area contributed by atoms with Crippen molar-refractivity contribution >= 4 is 17.3 Å². The molecule has 8 heteroatoms. The van der Waals surface area contributed by atoms with Crippen LogP contribution in [0.2, 0.25) is 0 Å². The maximum absolute atomic E-state index is 11.4. The quantitative estimate of drug-likeness (QED) is 0.908. The summed E-state index contributed by atoms with van der Waals surface area (Å²) in [4.78, 5) is 16.5. The summed E-state index contributed by atoms with van der Waals surface area (Å²) in [5, 5.41) is 21.0. The van der Waals surface area contributed by atoms with Gasteiger partial charge in [0.15, 0.2) is 5.82 Å². The van der Waals surface area contributed by atoms with Gasteiger partial charge < -0.3 is 5.11 Å². The fraction of sp³-hybridized carbons (Fsp3) is 0.545. The molecule has 0 atom stereocenters. The molecule has 0 amide bonds. The summed E-state index contributed by atoms with van der Waals surface area (Å²) >= 11 is 1.46. The molecule has 0 bridgehead atoms. The van der Waals surface area contributed by atoms with Crippen LogP contribution < -0.4 is 0 Å². The number of aromatic nitrogens is 5. The third kappa shape index (κ3) is 1.92. The lowest BCUT2D eigenvalue weighted by Crippen LogP contribution is -2.42. The monoisotopic (exact) mass is 279 g/mol. The molecule has 0 unspecified atom stereocenters. The smallest absolute Gasteiger partial charge is 0.311 e. The Kier molecular flexibility index (Phi) is 2.81. The fourth-order valence-corrected chi connectivity index (χ4v) is 3.11. The second-order valence-corrected chi connectivity index (χ2v) is 5.72. The second kappa shape index (κ2) is 4.37. The third-order valence-electron chi connectivity index (χ3n) is 3.70. The average molecular weight is 279 g/mol. The minimum absolute atomic E-state index is 0.321. The number of nitrogens with zero attached hydrogens (tertiary/aromatic N) is 5. The summed E-state index contributed by atoms with van der Waals surface area (Å²) in [6, 6.07) is 0. The van der Waals surface area contributed by atoms with Crippen molar-refractivity contribution in [3.05, 3.63) is 11.2 Å². The first-order valence-electron chi connectivity index (χ1n) is 6.02. The Morgan fingerprint density at radius 2 is 2.37 bits per heavy atom. The second-order valence-electron chi connectivity index (χ2n) is 4.87. The van der Waals surface area contributed by atoms with E-state index in [9.17, 15) is 9.90 Å². The molecule has 1 fully saturated rings. The van der Waals surface area contributed by atoms with Crippen molar-refractivity contribution in [1.29, 1.82) is 0 Å². The predicted molar refractivity (Wildman–Crippen MR) is 67.6 cm³/mol. The summed E-state index contributed by atoms with van der Waals surface area (Å²) in [6.45, 7) is 2.21. The molecule has 100 valence electrons. The van der Waals surface area contributed by atoms with Crippen molar-refractivity contribution in [3.63, 3.8) is 0 Å². The molecule has 0 saturated heterocycles. The van der Waals surface area contributed by atoms with Gasteiger partial charge in [0.1, 0.15) is 0 Å². The van der Waals surface area contributed by atoms with Crippen LogP contribution in [0.15, 0.2) is 5.51 Å². The van der Waals surface area contributed by atoms with Gasteiger partial charge in [-0.05, 0) is 30.2 Å². The largest absolute Gasteiger partial charge is 0.481 e. The first-order chi connectivity index (χ1) is 9.12. The van der Waals surface area contributed by atoms with Crippen LogP contribution in [0.1, 0.15) is 25.0 Å². The van der Waals surface area contributed by atoms with Gasteiger partial charge in [0.25, 0.3) is 0 Å². The number of carbonyl (C=O) groups is 1. The SMILES string of the molecule is Cc1ncsc1-c1nnnn1CC1(C(=O)O)CCC1. The molecule has 0 radical (unpaired) electrons. The minimum atomic E-state index is -0.763. The molecule has 2 aromatic heterocycles. The van der Waals surface area contributed by atoms with Crippen LogP contribution in [0.5, 0.6) is 0 Å². The number of hydrogen-bond acceptors (Lipinski definition) is 6. The summed E-state index contributed by atoms with van der Waals surface area (Å²) in [5.41, 5.74) is 1.89. The lowest BCUT2D eigenvalue weighted by molar-refractivity contribution is -0.156. The van der Waals surface area contributed by atoms with Gasteiger partial charge in [-0.15, -0.1) is 16.4 Å². The first-order valence-corrected chi connectivity index (χ1v) is 6.90. The van der Waals surface area contributed by atoms with E-state index in [-0.39, 0.29) is 0 Å². The zero-order valence-electron chi connectivity index (χ0n) is 10.4. The topological polar surface area (TPSA) is 93.8 Å². The van der Waals surface area contributed by atoms with Crippen LogP contribution in [-0.2, 0) is 11.3 Å². The van der Waals surface area contributed by atoms with E-state index < -0.39 is 11.4 Å². The van der Waals surface area contributed by atoms with Gasteiger partial charge in [-0.25, -0.2) is 9.67 Å². The molecular weight excluding hydrogens is 266 g/mol. The van der Waals surface area contributed by atoms with Gasteiger partial charge in [0.05, 0.1) is 28.0 Å². The molecule has 0 spiro atoms. The molecule has 0 aliphatic heterocycles. The van der Waals surface area contributed by atoms with E-state index in [4.69, 9.17) is 0 Å². The average Bonchev–Trinajstić information content (AvgIpc) is 2.91. The molecule has 1 saturated carbocycles. The highest BCUT2D eigenvalue weighted by Crippen LogP contribution is 2.43. The Balaban J connectivity index is 1.93. The molecule has 2 aromatic rings. The van der Waals surface area contributed by atoms with Crippen LogP contribution in [0, 0.1) is 12.3 Å². The zero-order valence-corrected chi connectivity index (χ0v) is 11.2. The van der Waals surface area contributed by atoms with Crippen molar-refractivity contribution in [3.8, 4) is 10.7 Å². The first kappa shape index (κ1) is 12.2. The summed E-state index contributed by atoms with van der Waals surface area (Å²) in [7, 11) is 0. The van der Waals surface area contributed by atoms with E-state index in [1.807, 2.05) is 6.92 Å². The van der Waals surface area contributed by atoms with Gasteiger partial charge in [0.2, 0.25) is 0 Å². The van der Waals surface area contributed by atoms with Crippen molar-refractivity contribution in [1.82, 2.24) is 25.2 Å². The van der Waals surface area contributed by atoms with Crippen LogP contribution in [0.3, 0.4) is 0 Å². The number of thiazole rings is 1. The lowest BCUT2D eigenvalue weighted by atomic mass is 9.69. The van der Waals surface area contributed by atoms with Gasteiger partial charge in [-0.3, -0.25) is 4.79 Å². The van der Waals surface area contributed by atoms with E-state index in [1.54, 1.807) is 10.2 Å². The predicted octanol–water partition coefficient (Wildman–Crippen LogP) is 1.36. The number of carboxylic acids is 1. The van der Waals surface area contributed by atoms with Crippen molar-refractivity contribution in [2.75, 3.05) is 0 Å². The molecule has 1 aliphatic rings. The van der Waals surface area contributed by atoms with E-state index in [0.717, 1.165) is 17.0 Å². The minimum Gasteiger partial charge on any atom is -0.481 e. The van der Waals surface area contributed by atoms with E-state index in [0.29, 0.717) is 25.2 Å². The molecule has 2 heterocycles. The molecule has 3 rings (SSSR count). The van der Waals surface area contributed by atoms with Gasteiger partial charge in [-0.2, -0.15) is 0 Å². The van der Waals surface area contributed by atoms with Crippen LogP contribution in [0.25, 0.3) is 10.7 Å². The summed E-state index contributed by atoms with van der Waals surface area (Å²) < 4.78 is 1.59. The Hall–Kier alpha value is -1.83. The fourth-order valence-electron chi connectivity index (χ4n) is 2.32. The number of aliphatic carboxylic acids is 1. The van der Waals surface area contributed by atoms with Gasteiger partial charge in [0, 0.05) is 0 Å². The zero-order chi connectivity index (χ0) is 13.5. The van der Waals surface area contributed by atoms with Crippen molar-refractivity contribution in [2.45, 2.75) is 32.7 Å². The molecular formula is C11H13N5O2S. The van der Waals surface area contributed by atoms with Crippen molar-refractivity contribution in [2.24, 2.45) is 5.41 Å². The standard InChI is InChI=1S/C11H13N5O2S/c1-7-8(19-6-12-7)9-13-14-15-16(9)5-11(10(17)18)3-2-4-11/h6H,2-5H2,1H3,(H,17,18). The van der Waals surface area contributed by atoms with Crippen LogP contribution in [0.4, 0.5) is 0 Å². The van der Waals surface area contributed by atoms with Gasteiger partial charge >= 0.3 is 5.97 Å². The van der Waals surface area contributed by atoms with Crippen LogP contribution in [-0.4, -0.2) is 36.3 Å². The van der Waals surface area contributed by atoms with E-state index >= 15 is 0 Å². The molecule has 7 nitrogen and oxygen atoms in total. The number of rotatable bonds is 4. The number of carboxylic acid groups (broad SMARTS) is 1. The molecule has 1 N–H and O–H groups in total. The highest BCUT2D eigenvalue weighted by atomic mass is 32.1. The Morgan fingerprint density at radius 1 is 1.58 bits per heavy atom. The molecule has 0 aromatic carbocycles. The number of tetrazole rings is 1. The Labute approximate surface area is 113 Å². The maximum Gasteiger partial charge on any atom is 0.311 e. The molecule has 1 aliphatic carbocycles. The lowest BCUT2D eigenvalue weighted by Gasteiger charge is -2.37. The summed E-state index contributed by atoms with van der Waals surface area (Å²) in [5.74, 6) is -0.159. The third-order valence-corrected chi connectivity index (χ3v) is 4.62. The maximum atomic E-state index is 11.4. The van der Waals surface area contributed by atoms with Crippen molar-refractivity contribution < 1.29 is 9.90 Å². The Bertz CT molecular complexity index is 616. The number of aryl methyl sites for hydroxylation is 1. The van der Waals surface area contributed by atoms with Gasteiger partial charge in [-0.1, -0.05) is 6.42 Å².